The molecule has 3 aromatic heterocycles. The average molecular weight is 339 g/mol. The minimum Gasteiger partial charge on any atom is -0.317 e. The normalized spacial score (nSPS) is 11.2. The third-order valence-corrected chi connectivity index (χ3v) is 4.65. The van der Waals surface area contributed by atoms with Crippen molar-refractivity contribution in [2.75, 3.05) is 0 Å². The summed E-state index contributed by atoms with van der Waals surface area (Å²) in [4.78, 5) is 40.9. The summed E-state index contributed by atoms with van der Waals surface area (Å²) in [5, 5.41) is 0. The zero-order valence-corrected chi connectivity index (χ0v) is 13.3. The van der Waals surface area contributed by atoms with Crippen molar-refractivity contribution in [2.45, 2.75) is 6.54 Å². The molecule has 0 fully saturated rings. The molecule has 9 heteroatoms. The smallest absolute Gasteiger partial charge is 0.317 e. The summed E-state index contributed by atoms with van der Waals surface area (Å²) >= 11 is 7.00. The maximum absolute atomic E-state index is 12.3. The van der Waals surface area contributed by atoms with E-state index in [2.05, 4.69) is 4.98 Å². The van der Waals surface area contributed by atoms with E-state index in [9.17, 15) is 14.4 Å². The van der Waals surface area contributed by atoms with E-state index in [1.807, 2.05) is 0 Å². The number of halogens is 1. The molecule has 3 rings (SSSR count). The number of ketones is 1. The molecule has 114 valence electrons. The monoisotopic (exact) mass is 338 g/mol. The van der Waals surface area contributed by atoms with E-state index >= 15 is 0 Å². The zero-order valence-electron chi connectivity index (χ0n) is 11.7. The number of rotatable bonds is 3. The maximum Gasteiger partial charge on any atom is 0.332 e. The first-order chi connectivity index (χ1) is 10.4. The molecule has 3 aromatic rings. The van der Waals surface area contributed by atoms with Gasteiger partial charge in [-0.25, -0.2) is 9.78 Å². The molecule has 0 aliphatic heterocycles. The lowest BCUT2D eigenvalue weighted by molar-refractivity contribution is 0.0977. The Bertz CT molecular complexity index is 1010. The van der Waals surface area contributed by atoms with Crippen LogP contribution >= 0.6 is 22.9 Å². The number of fused-ring (bicyclic) bond motifs is 1. The Labute approximate surface area is 133 Å². The SMILES string of the molecule is Cn1c(=O)c2c(ncn2CC(=O)c2ccc(Cl)s2)n(C)c1=O. The van der Waals surface area contributed by atoms with Gasteiger partial charge in [-0.1, -0.05) is 11.6 Å². The van der Waals surface area contributed by atoms with Gasteiger partial charge in [0, 0.05) is 14.1 Å². The molecule has 0 atom stereocenters. The predicted molar refractivity (Wildman–Crippen MR) is 83.9 cm³/mol. The molecule has 3 heterocycles. The van der Waals surface area contributed by atoms with Crippen molar-refractivity contribution in [3.63, 3.8) is 0 Å². The fourth-order valence-electron chi connectivity index (χ4n) is 2.21. The van der Waals surface area contributed by atoms with Crippen LogP contribution in [0.2, 0.25) is 4.34 Å². The fourth-order valence-corrected chi connectivity index (χ4v) is 3.19. The van der Waals surface area contributed by atoms with Crippen molar-refractivity contribution >= 4 is 39.9 Å². The second-order valence-electron chi connectivity index (χ2n) is 4.78. The summed E-state index contributed by atoms with van der Waals surface area (Å²) in [5.41, 5.74) is -0.461. The molecule has 0 amide bonds. The summed E-state index contributed by atoms with van der Waals surface area (Å²) in [6.07, 6.45) is 1.39. The van der Waals surface area contributed by atoms with Crippen molar-refractivity contribution in [1.29, 1.82) is 0 Å². The van der Waals surface area contributed by atoms with Crippen LogP contribution in [0.3, 0.4) is 0 Å². The van der Waals surface area contributed by atoms with Crippen LogP contribution in [0.1, 0.15) is 9.67 Å². The number of thiophene rings is 1. The molecule has 0 aliphatic carbocycles. The van der Waals surface area contributed by atoms with Gasteiger partial charge in [-0.15, -0.1) is 11.3 Å². The first-order valence-electron chi connectivity index (χ1n) is 6.29. The van der Waals surface area contributed by atoms with Gasteiger partial charge in [-0.2, -0.15) is 0 Å². The van der Waals surface area contributed by atoms with Gasteiger partial charge in [0.05, 0.1) is 22.1 Å². The van der Waals surface area contributed by atoms with Crippen LogP contribution in [0.25, 0.3) is 11.2 Å². The van der Waals surface area contributed by atoms with Crippen LogP contribution in [0.4, 0.5) is 0 Å². The molecule has 0 radical (unpaired) electrons. The van der Waals surface area contributed by atoms with Crippen molar-refractivity contribution in [2.24, 2.45) is 14.1 Å². The number of carbonyl (C=O) groups is 1. The van der Waals surface area contributed by atoms with Crippen LogP contribution in [0, 0.1) is 0 Å². The van der Waals surface area contributed by atoms with Gasteiger partial charge >= 0.3 is 5.69 Å². The number of hydrogen-bond donors (Lipinski definition) is 0. The Hall–Kier alpha value is -2.19. The maximum atomic E-state index is 12.3. The number of aromatic nitrogens is 4. The van der Waals surface area contributed by atoms with E-state index in [0.29, 0.717) is 9.21 Å². The molecule has 0 spiro atoms. The first-order valence-corrected chi connectivity index (χ1v) is 7.49. The van der Waals surface area contributed by atoms with Gasteiger partial charge in [0.1, 0.15) is 0 Å². The lowest BCUT2D eigenvalue weighted by Gasteiger charge is -2.05. The summed E-state index contributed by atoms with van der Waals surface area (Å²) in [6.45, 7) is -0.0409. The summed E-state index contributed by atoms with van der Waals surface area (Å²) < 4.78 is 4.25. The second-order valence-corrected chi connectivity index (χ2v) is 6.49. The summed E-state index contributed by atoms with van der Waals surface area (Å²) in [5.74, 6) is -0.174. The largest absolute Gasteiger partial charge is 0.332 e. The van der Waals surface area contributed by atoms with E-state index in [0.717, 1.165) is 4.57 Å². The quantitative estimate of drug-likeness (QED) is 0.668. The topological polar surface area (TPSA) is 78.9 Å². The Balaban J connectivity index is 2.11. The average Bonchev–Trinajstić information content (AvgIpc) is 3.09. The third-order valence-electron chi connectivity index (χ3n) is 3.38. The highest BCUT2D eigenvalue weighted by Gasteiger charge is 2.17. The second kappa shape index (κ2) is 5.22. The number of hydrogen-bond acceptors (Lipinski definition) is 5. The number of Topliss-reactive ketones (excluding diaryl/α,β-unsaturated/α-hetero) is 1. The Morgan fingerprint density at radius 3 is 2.64 bits per heavy atom. The van der Waals surface area contributed by atoms with Gasteiger partial charge in [0.25, 0.3) is 5.56 Å². The van der Waals surface area contributed by atoms with E-state index in [1.165, 1.54) is 40.9 Å². The van der Waals surface area contributed by atoms with E-state index < -0.39 is 11.2 Å². The lowest BCUT2D eigenvalue weighted by Crippen LogP contribution is -2.37. The van der Waals surface area contributed by atoms with Crippen LogP contribution in [0.5, 0.6) is 0 Å². The van der Waals surface area contributed by atoms with Gasteiger partial charge in [-0.05, 0) is 12.1 Å². The Morgan fingerprint density at radius 1 is 1.27 bits per heavy atom. The molecular formula is C13H11ClN4O3S. The predicted octanol–water partition coefficient (Wildman–Crippen LogP) is 1.03. The number of nitrogens with zero attached hydrogens (tertiary/aromatic N) is 4. The molecule has 0 N–H and O–H groups in total. The summed E-state index contributed by atoms with van der Waals surface area (Å²) in [7, 11) is 2.92. The summed E-state index contributed by atoms with van der Waals surface area (Å²) in [6, 6.07) is 3.29. The highest BCUT2D eigenvalue weighted by Crippen LogP contribution is 2.22. The van der Waals surface area contributed by atoms with Crippen molar-refractivity contribution in [3.05, 3.63) is 48.5 Å². The third kappa shape index (κ3) is 2.20. The molecule has 22 heavy (non-hydrogen) atoms. The van der Waals surface area contributed by atoms with Crippen LogP contribution < -0.4 is 11.2 Å². The zero-order chi connectivity index (χ0) is 16.0. The Morgan fingerprint density at radius 2 is 2.00 bits per heavy atom. The number of aryl methyl sites for hydroxylation is 1. The van der Waals surface area contributed by atoms with Gasteiger partial charge in [-0.3, -0.25) is 18.7 Å². The van der Waals surface area contributed by atoms with Crippen LogP contribution in [-0.2, 0) is 20.6 Å². The molecular weight excluding hydrogens is 328 g/mol. The van der Waals surface area contributed by atoms with E-state index in [1.54, 1.807) is 12.1 Å². The van der Waals surface area contributed by atoms with Crippen molar-refractivity contribution in [1.82, 2.24) is 18.7 Å². The molecule has 0 saturated carbocycles. The highest BCUT2D eigenvalue weighted by atomic mass is 35.5. The lowest BCUT2D eigenvalue weighted by atomic mass is 10.3. The molecule has 0 aromatic carbocycles. The fraction of sp³-hybridized carbons (Fsp3) is 0.231. The van der Waals surface area contributed by atoms with Crippen molar-refractivity contribution < 1.29 is 4.79 Å². The number of imidazole rings is 1. The first kappa shape index (κ1) is 14.7. The van der Waals surface area contributed by atoms with Gasteiger partial charge in [0.15, 0.2) is 16.9 Å². The standard InChI is InChI=1S/C13H11ClN4O3S/c1-16-11-10(12(20)17(2)13(16)21)18(6-15-11)5-7(19)8-3-4-9(14)22-8/h3-4,6H,5H2,1-2H3. The van der Waals surface area contributed by atoms with Crippen molar-refractivity contribution in [3.8, 4) is 0 Å². The van der Waals surface area contributed by atoms with Crippen LogP contribution in [-0.4, -0.2) is 24.5 Å². The molecule has 0 unspecified atom stereocenters. The van der Waals surface area contributed by atoms with Crippen LogP contribution in [0.15, 0.2) is 28.0 Å². The van der Waals surface area contributed by atoms with E-state index in [4.69, 9.17) is 11.6 Å². The Kier molecular flexibility index (Phi) is 3.50. The molecule has 7 nitrogen and oxygen atoms in total. The van der Waals surface area contributed by atoms with Gasteiger partial charge < -0.3 is 4.57 Å². The highest BCUT2D eigenvalue weighted by molar-refractivity contribution is 7.18. The molecule has 0 bridgehead atoms. The van der Waals surface area contributed by atoms with Gasteiger partial charge in [0.2, 0.25) is 0 Å². The molecule has 0 aliphatic rings. The van der Waals surface area contributed by atoms with E-state index in [-0.39, 0.29) is 23.5 Å². The minimum atomic E-state index is -0.479. The molecule has 0 saturated heterocycles. The number of carbonyl (C=O) groups excluding carboxylic acids is 1. The minimum absolute atomic E-state index is 0.0409.